The van der Waals surface area contributed by atoms with E-state index in [-0.39, 0.29) is 17.7 Å². The highest BCUT2D eigenvalue weighted by atomic mass is 16.5. The minimum atomic E-state index is -0.327. The number of nitrogens with zero attached hydrogens (tertiary/aromatic N) is 2. The van der Waals surface area contributed by atoms with Gasteiger partial charge in [-0.05, 0) is 39.8 Å². The van der Waals surface area contributed by atoms with Crippen molar-refractivity contribution < 1.29 is 9.84 Å². The lowest BCUT2D eigenvalue weighted by molar-refractivity contribution is 0.0211. The summed E-state index contributed by atoms with van der Waals surface area (Å²) in [6, 6.07) is 0. The van der Waals surface area contributed by atoms with Gasteiger partial charge in [0.1, 0.15) is 0 Å². The third-order valence-corrected chi connectivity index (χ3v) is 4.44. The lowest BCUT2D eigenvalue weighted by Crippen LogP contribution is -2.53. The molecule has 2 saturated heterocycles. The summed E-state index contributed by atoms with van der Waals surface area (Å²) in [6.07, 6.45) is 3.69. The van der Waals surface area contributed by atoms with E-state index in [1.807, 2.05) is 0 Å². The van der Waals surface area contributed by atoms with E-state index in [0.29, 0.717) is 0 Å². The van der Waals surface area contributed by atoms with Crippen molar-refractivity contribution in [2.24, 2.45) is 0 Å². The molecule has 0 aliphatic carbocycles. The van der Waals surface area contributed by atoms with Crippen LogP contribution >= 0.6 is 0 Å². The number of methoxy groups -OCH3 is 1. The fourth-order valence-corrected chi connectivity index (χ4v) is 3.34. The van der Waals surface area contributed by atoms with Crippen molar-refractivity contribution in [3.8, 4) is 0 Å². The van der Waals surface area contributed by atoms with Gasteiger partial charge >= 0.3 is 0 Å². The molecule has 18 heavy (non-hydrogen) atoms. The van der Waals surface area contributed by atoms with Gasteiger partial charge in [0, 0.05) is 32.3 Å². The number of ether oxygens (including phenoxy) is 1. The summed E-state index contributed by atoms with van der Waals surface area (Å²) in [7, 11) is 1.69. The predicted octanol–water partition coefficient (Wildman–Crippen LogP) is 0.942. The van der Waals surface area contributed by atoms with Crippen LogP contribution in [0, 0.1) is 0 Å². The third-order valence-electron chi connectivity index (χ3n) is 4.44. The lowest BCUT2D eigenvalue weighted by Gasteiger charge is -2.43. The van der Waals surface area contributed by atoms with Crippen molar-refractivity contribution >= 4 is 0 Å². The van der Waals surface area contributed by atoms with Crippen molar-refractivity contribution in [2.45, 2.75) is 50.9 Å². The van der Waals surface area contributed by atoms with E-state index in [1.54, 1.807) is 7.11 Å². The van der Waals surface area contributed by atoms with E-state index in [1.165, 1.54) is 32.4 Å². The molecule has 0 bridgehead atoms. The quantitative estimate of drug-likeness (QED) is 0.812. The number of aliphatic hydroxyl groups is 1. The summed E-state index contributed by atoms with van der Waals surface area (Å²) in [5.41, 5.74) is 0.197. The zero-order valence-corrected chi connectivity index (χ0v) is 12.1. The second kappa shape index (κ2) is 5.87. The van der Waals surface area contributed by atoms with Crippen molar-refractivity contribution in [1.82, 2.24) is 9.80 Å². The van der Waals surface area contributed by atoms with Gasteiger partial charge in [-0.1, -0.05) is 6.42 Å². The molecule has 0 unspecified atom stereocenters. The number of rotatable bonds is 4. The number of β-amino-alcohol motifs (C(OH)–C–C–N with tert-alkyl or cyclic N) is 1. The standard InChI is InChI=1S/C14H28N2O2/c1-14(2,16-7-5-4-6-8-16)11-15-9-12(17)13(10-15)18-3/h12-13,17H,4-11H2,1-3H3/t12-,13-/m0/s1. The summed E-state index contributed by atoms with van der Waals surface area (Å²) >= 11 is 0. The minimum absolute atomic E-state index is 0.0119. The maximum absolute atomic E-state index is 9.89. The topological polar surface area (TPSA) is 35.9 Å². The Morgan fingerprint density at radius 3 is 2.39 bits per heavy atom. The number of hydrogen-bond donors (Lipinski definition) is 1. The fourth-order valence-electron chi connectivity index (χ4n) is 3.34. The monoisotopic (exact) mass is 256 g/mol. The molecule has 0 spiro atoms. The second-order valence-electron chi connectivity index (χ2n) is 6.40. The molecule has 0 radical (unpaired) electrons. The Bertz CT molecular complexity index is 265. The molecule has 2 rings (SSSR count). The summed E-state index contributed by atoms with van der Waals surface area (Å²) in [5.74, 6) is 0. The molecule has 0 saturated carbocycles. The zero-order valence-electron chi connectivity index (χ0n) is 12.1. The molecule has 4 heteroatoms. The van der Waals surface area contributed by atoms with Crippen molar-refractivity contribution in [2.75, 3.05) is 39.8 Å². The molecule has 106 valence electrons. The molecule has 4 nitrogen and oxygen atoms in total. The Hall–Kier alpha value is -0.160. The molecule has 2 atom stereocenters. The average Bonchev–Trinajstić information content (AvgIpc) is 2.70. The second-order valence-corrected chi connectivity index (χ2v) is 6.40. The smallest absolute Gasteiger partial charge is 0.0969 e. The molecule has 0 amide bonds. The highest BCUT2D eigenvalue weighted by molar-refractivity contribution is 4.92. The van der Waals surface area contributed by atoms with Crippen LogP contribution in [-0.4, -0.2) is 72.5 Å². The zero-order chi connectivity index (χ0) is 13.2. The van der Waals surface area contributed by atoms with Crippen molar-refractivity contribution in [3.63, 3.8) is 0 Å². The van der Waals surface area contributed by atoms with Crippen LogP contribution < -0.4 is 0 Å². The molecule has 2 aliphatic rings. The summed E-state index contributed by atoms with van der Waals surface area (Å²) in [4.78, 5) is 4.94. The summed E-state index contributed by atoms with van der Waals surface area (Å²) in [6.45, 7) is 9.71. The molecule has 0 aromatic heterocycles. The van der Waals surface area contributed by atoms with Crippen LogP contribution in [0.1, 0.15) is 33.1 Å². The van der Waals surface area contributed by atoms with Gasteiger partial charge in [0.25, 0.3) is 0 Å². The highest BCUT2D eigenvalue weighted by Gasteiger charge is 2.36. The molecule has 2 aliphatic heterocycles. The molecule has 2 fully saturated rings. The van der Waals surface area contributed by atoms with E-state index >= 15 is 0 Å². The van der Waals surface area contributed by atoms with E-state index in [4.69, 9.17) is 4.74 Å². The Balaban J connectivity index is 1.87. The molecule has 1 N–H and O–H groups in total. The van der Waals surface area contributed by atoms with Crippen LogP contribution in [0.15, 0.2) is 0 Å². The molecule has 0 aromatic carbocycles. The first-order valence-corrected chi connectivity index (χ1v) is 7.21. The predicted molar refractivity (Wildman–Crippen MR) is 72.7 cm³/mol. The normalized spacial score (nSPS) is 32.0. The van der Waals surface area contributed by atoms with Gasteiger partial charge in [0.05, 0.1) is 12.2 Å². The minimum Gasteiger partial charge on any atom is -0.389 e. The van der Waals surface area contributed by atoms with Gasteiger partial charge in [0.2, 0.25) is 0 Å². The van der Waals surface area contributed by atoms with Crippen LogP contribution in [0.25, 0.3) is 0 Å². The summed E-state index contributed by atoms with van der Waals surface area (Å²) in [5, 5.41) is 9.89. The Kier molecular flexibility index (Phi) is 4.64. The fraction of sp³-hybridized carbons (Fsp3) is 1.00. The van der Waals surface area contributed by atoms with Crippen molar-refractivity contribution in [1.29, 1.82) is 0 Å². The van der Waals surface area contributed by atoms with Crippen LogP contribution in [0.5, 0.6) is 0 Å². The van der Waals surface area contributed by atoms with E-state index in [0.717, 1.165) is 19.6 Å². The van der Waals surface area contributed by atoms with Crippen LogP contribution in [-0.2, 0) is 4.74 Å². The Labute approximate surface area is 111 Å². The summed E-state index contributed by atoms with van der Waals surface area (Å²) < 4.78 is 5.31. The maximum Gasteiger partial charge on any atom is 0.0969 e. The van der Waals surface area contributed by atoms with Gasteiger partial charge in [0.15, 0.2) is 0 Å². The largest absolute Gasteiger partial charge is 0.389 e. The van der Waals surface area contributed by atoms with Crippen LogP contribution in [0.3, 0.4) is 0 Å². The highest BCUT2D eigenvalue weighted by Crippen LogP contribution is 2.24. The van der Waals surface area contributed by atoms with Gasteiger partial charge in [-0.15, -0.1) is 0 Å². The number of piperidine rings is 1. The number of aliphatic hydroxyl groups excluding tert-OH is 1. The first kappa shape index (κ1) is 14.3. The van der Waals surface area contributed by atoms with E-state index in [2.05, 4.69) is 23.6 Å². The third kappa shape index (κ3) is 3.23. The molecule has 0 aromatic rings. The van der Waals surface area contributed by atoms with Gasteiger partial charge < -0.3 is 9.84 Å². The maximum atomic E-state index is 9.89. The van der Waals surface area contributed by atoms with Gasteiger partial charge in [-0.3, -0.25) is 9.80 Å². The van der Waals surface area contributed by atoms with E-state index in [9.17, 15) is 5.11 Å². The first-order valence-electron chi connectivity index (χ1n) is 7.21. The molecule has 2 heterocycles. The Morgan fingerprint density at radius 1 is 1.17 bits per heavy atom. The molecular weight excluding hydrogens is 228 g/mol. The van der Waals surface area contributed by atoms with E-state index < -0.39 is 0 Å². The Morgan fingerprint density at radius 2 is 1.83 bits per heavy atom. The SMILES string of the molecule is CO[C@H]1CN(CC(C)(C)N2CCCCC2)C[C@@H]1O. The number of likely N-dealkylation sites (tertiary alicyclic amines) is 2. The number of hydrogen-bond acceptors (Lipinski definition) is 4. The molecular formula is C14H28N2O2. The van der Waals surface area contributed by atoms with Crippen molar-refractivity contribution in [3.05, 3.63) is 0 Å². The van der Waals surface area contributed by atoms with Gasteiger partial charge in [-0.2, -0.15) is 0 Å². The van der Waals surface area contributed by atoms with Gasteiger partial charge in [-0.25, -0.2) is 0 Å². The first-order chi connectivity index (χ1) is 8.53. The average molecular weight is 256 g/mol. The van der Waals surface area contributed by atoms with Crippen LogP contribution in [0.4, 0.5) is 0 Å². The lowest BCUT2D eigenvalue weighted by atomic mass is 9.98. The van der Waals surface area contributed by atoms with Crippen LogP contribution in [0.2, 0.25) is 0 Å².